The molecule has 2 aromatic heterocycles. The van der Waals surface area contributed by atoms with Gasteiger partial charge in [-0.3, -0.25) is 4.79 Å². The molecule has 9 nitrogen and oxygen atoms in total. The van der Waals surface area contributed by atoms with Crippen molar-refractivity contribution in [3.8, 4) is 0 Å². The molecule has 3 unspecified atom stereocenters. The summed E-state index contributed by atoms with van der Waals surface area (Å²) in [6.45, 7) is 0.362. The number of aliphatic hydroxyl groups excluding tert-OH is 1. The fraction of sp³-hybridized carbons (Fsp3) is 0.595. The Morgan fingerprint density at radius 3 is 2.00 bits per heavy atom. The van der Waals surface area contributed by atoms with E-state index in [0.717, 1.165) is 58.3 Å². The van der Waals surface area contributed by atoms with Crippen molar-refractivity contribution in [1.29, 1.82) is 0 Å². The van der Waals surface area contributed by atoms with Crippen molar-refractivity contribution in [2.24, 2.45) is 5.92 Å². The number of ether oxygens (including phenoxy) is 1. The topological polar surface area (TPSA) is 127 Å². The highest BCUT2D eigenvalue weighted by atomic mass is 32.2. The summed E-state index contributed by atoms with van der Waals surface area (Å²) in [6, 6.07) is 18.7. The number of hydrogen-bond donors (Lipinski definition) is 2. The summed E-state index contributed by atoms with van der Waals surface area (Å²) in [5.41, 5.74) is -0.0483. The van der Waals surface area contributed by atoms with Crippen LogP contribution in [0.1, 0.15) is 79.0 Å². The molecular weight excluding hydrogens is 681 g/mol. The number of piperidine rings is 1. The average molecular weight is 733 g/mol. The molecule has 2 bridgehead atoms. The van der Waals surface area contributed by atoms with Gasteiger partial charge in [-0.1, -0.05) is 42.5 Å². The molecular formula is C37H52N2O7S3. The molecule has 3 aromatic rings. The zero-order chi connectivity index (χ0) is 35.2. The van der Waals surface area contributed by atoms with Gasteiger partial charge in [-0.2, -0.15) is 0 Å². The second kappa shape index (κ2) is 16.5. The van der Waals surface area contributed by atoms with E-state index in [4.69, 9.17) is 4.74 Å². The van der Waals surface area contributed by atoms with Crippen LogP contribution < -0.4 is 0 Å². The zero-order valence-electron chi connectivity index (χ0n) is 28.9. The molecule has 12 heteroatoms. The van der Waals surface area contributed by atoms with E-state index in [2.05, 4.69) is 48.9 Å². The number of benzene rings is 1. The Labute approximate surface area is 299 Å². The van der Waals surface area contributed by atoms with Crippen LogP contribution >= 0.6 is 22.7 Å². The first-order valence-corrected chi connectivity index (χ1v) is 20.8. The van der Waals surface area contributed by atoms with Crippen molar-refractivity contribution >= 4 is 38.8 Å². The number of hydrogen-bond acceptors (Lipinski definition) is 10. The predicted molar refractivity (Wildman–Crippen MR) is 193 cm³/mol. The summed E-state index contributed by atoms with van der Waals surface area (Å²) in [4.78, 5) is 17.1. The van der Waals surface area contributed by atoms with Gasteiger partial charge in [0.25, 0.3) is 0 Å². The Morgan fingerprint density at radius 2 is 1.53 bits per heavy atom. The fourth-order valence-corrected chi connectivity index (χ4v) is 10.9. The van der Waals surface area contributed by atoms with Crippen LogP contribution in [0, 0.1) is 5.92 Å². The van der Waals surface area contributed by atoms with Crippen LogP contribution in [-0.4, -0.2) is 103 Å². The molecule has 1 aliphatic carbocycles. The third-order valence-corrected chi connectivity index (χ3v) is 14.1. The van der Waals surface area contributed by atoms with Crippen molar-refractivity contribution in [3.05, 3.63) is 80.7 Å². The van der Waals surface area contributed by atoms with Crippen LogP contribution in [-0.2, 0) is 25.3 Å². The highest BCUT2D eigenvalue weighted by Crippen LogP contribution is 2.47. The van der Waals surface area contributed by atoms with E-state index in [1.807, 2.05) is 42.5 Å². The third kappa shape index (κ3) is 9.02. The molecule has 1 saturated carbocycles. The molecule has 4 heterocycles. The van der Waals surface area contributed by atoms with Gasteiger partial charge in [0.05, 0.1) is 42.4 Å². The Morgan fingerprint density at radius 1 is 0.959 bits per heavy atom. The van der Waals surface area contributed by atoms with E-state index in [0.29, 0.717) is 37.0 Å². The zero-order valence-corrected chi connectivity index (χ0v) is 31.3. The maximum absolute atomic E-state index is 12.6. The molecule has 6 rings (SSSR count). The van der Waals surface area contributed by atoms with E-state index in [1.54, 1.807) is 22.7 Å². The van der Waals surface area contributed by atoms with Crippen LogP contribution in [0.25, 0.3) is 0 Å². The molecule has 5 atom stereocenters. The van der Waals surface area contributed by atoms with Crippen molar-refractivity contribution in [2.75, 3.05) is 40.0 Å². The highest BCUT2D eigenvalue weighted by Gasteiger charge is 2.52. The van der Waals surface area contributed by atoms with Crippen LogP contribution in [0.4, 0.5) is 0 Å². The first kappa shape index (κ1) is 38.1. The van der Waals surface area contributed by atoms with E-state index < -0.39 is 27.6 Å². The maximum atomic E-state index is 12.6. The molecule has 49 heavy (non-hydrogen) atoms. The monoisotopic (exact) mass is 732 g/mol. The summed E-state index contributed by atoms with van der Waals surface area (Å²) in [6.07, 6.45) is 8.21. The second-order valence-electron chi connectivity index (χ2n) is 14.4. The normalized spacial score (nSPS) is 27.7. The number of esters is 1. The summed E-state index contributed by atoms with van der Waals surface area (Å²) in [7, 11) is 2.26. The minimum Gasteiger partial charge on any atom is -0.748 e. The Kier molecular flexibility index (Phi) is 12.8. The van der Waals surface area contributed by atoms with Gasteiger partial charge in [0.15, 0.2) is 0 Å². The van der Waals surface area contributed by atoms with E-state index >= 15 is 0 Å². The lowest BCUT2D eigenvalue weighted by atomic mass is 9.73. The van der Waals surface area contributed by atoms with Gasteiger partial charge in [0, 0.05) is 53.7 Å². The number of aliphatic hydroxyl groups is 2. The minimum atomic E-state index is -4.18. The van der Waals surface area contributed by atoms with Crippen molar-refractivity contribution < 1.29 is 37.2 Å². The van der Waals surface area contributed by atoms with Gasteiger partial charge in [-0.25, -0.2) is 8.42 Å². The number of quaternary nitrogens is 1. The Balaban J connectivity index is 0.000000199. The molecule has 270 valence electrons. The van der Waals surface area contributed by atoms with Crippen molar-refractivity contribution in [1.82, 2.24) is 4.90 Å². The van der Waals surface area contributed by atoms with Gasteiger partial charge in [0.2, 0.25) is 0 Å². The lowest BCUT2D eigenvalue weighted by Gasteiger charge is -2.47. The van der Waals surface area contributed by atoms with Crippen LogP contribution in [0.5, 0.6) is 0 Å². The number of thiophene rings is 2. The number of fused-ring (bicyclic) bond motifs is 2. The first-order chi connectivity index (χ1) is 23.3. The molecule has 2 aliphatic heterocycles. The number of rotatable bonds is 12. The quantitative estimate of drug-likeness (QED) is 0.141. The van der Waals surface area contributed by atoms with Gasteiger partial charge in [0.1, 0.15) is 17.6 Å². The number of carbonyl (C=O) groups excluding carboxylic acids is 1. The van der Waals surface area contributed by atoms with Crippen LogP contribution in [0.2, 0.25) is 0 Å². The van der Waals surface area contributed by atoms with Crippen LogP contribution in [0.15, 0.2) is 65.4 Å². The molecule has 2 saturated heterocycles. The summed E-state index contributed by atoms with van der Waals surface area (Å²) in [5.74, 6) is -1.07. The predicted octanol–water partition coefficient (Wildman–Crippen LogP) is 5.55. The van der Waals surface area contributed by atoms with Gasteiger partial charge in [-0.05, 0) is 74.2 Å². The van der Waals surface area contributed by atoms with E-state index in [9.17, 15) is 28.0 Å². The molecule has 3 fully saturated rings. The largest absolute Gasteiger partial charge is 0.748 e. The molecule has 1 aromatic carbocycles. The molecule has 3 aliphatic rings. The first-order valence-electron chi connectivity index (χ1n) is 17.5. The van der Waals surface area contributed by atoms with Gasteiger partial charge in [-0.15, -0.1) is 22.7 Å². The van der Waals surface area contributed by atoms with Gasteiger partial charge >= 0.3 is 5.97 Å². The average Bonchev–Trinajstić information content (AvgIpc) is 3.84. The Bertz CT molecular complexity index is 1510. The van der Waals surface area contributed by atoms with E-state index in [1.165, 1.54) is 12.8 Å². The molecule has 0 spiro atoms. The Hall–Kier alpha value is -2.16. The van der Waals surface area contributed by atoms with Gasteiger partial charge < -0.3 is 28.9 Å². The lowest BCUT2D eigenvalue weighted by Crippen LogP contribution is -2.59. The summed E-state index contributed by atoms with van der Waals surface area (Å²) >= 11 is 3.35. The molecule has 0 amide bonds. The molecule has 2 N–H and O–H groups in total. The fourth-order valence-electron chi connectivity index (χ4n) is 8.51. The van der Waals surface area contributed by atoms with Crippen molar-refractivity contribution in [3.63, 3.8) is 0 Å². The minimum absolute atomic E-state index is 0.183. The number of nitrogens with zero attached hydrogens (tertiary/aromatic N) is 2. The highest BCUT2D eigenvalue weighted by molar-refractivity contribution is 7.85. The standard InChI is InChI=1S/C20H29NO6S.C17H23NOS2/c1-21(10-5-11-28(24,25)26)16-8-9-17(21)13-18(12-16)27-20(23)19(14-22)15-6-3-2-4-7-15;1-18(2)14-9-7-13(8-10-14)17(19,15-5-3-11-20-15)16-6-4-12-21-16/h2-4,6-7,16-19,22H,5,8-14H2,1H3;3-6,11-14,19H,7-10H2,1-2H3/t16-,17+,18?,19?,21?;. The summed E-state index contributed by atoms with van der Waals surface area (Å²) in [5, 5.41) is 25.4. The number of carbonyl (C=O) groups is 1. The third-order valence-electron chi connectivity index (χ3n) is 11.4. The maximum Gasteiger partial charge on any atom is 0.316 e. The van der Waals surface area contributed by atoms with Crippen molar-refractivity contribution in [2.45, 2.75) is 93.5 Å². The second-order valence-corrected chi connectivity index (χ2v) is 17.9. The van der Waals surface area contributed by atoms with Crippen LogP contribution in [0.3, 0.4) is 0 Å². The summed E-state index contributed by atoms with van der Waals surface area (Å²) < 4.78 is 39.2. The lowest BCUT2D eigenvalue weighted by molar-refractivity contribution is -0.949. The smallest absolute Gasteiger partial charge is 0.316 e. The SMILES string of the molecule is CN(C)C1CCC(C(O)(c2cccs2)c2cccs2)CC1.C[N+]1(CCCS(=O)(=O)[O-])[C@@H]2CC[C@H]1CC(OC(=O)C(CO)c1ccccc1)C2. The molecule has 0 radical (unpaired) electrons. The van der Waals surface area contributed by atoms with E-state index in [-0.39, 0.29) is 18.5 Å².